The molecule has 0 aliphatic rings. The molecule has 1 aromatic heterocycles. The molecule has 0 bridgehead atoms. The minimum absolute atomic E-state index is 0.700. The van der Waals surface area contributed by atoms with E-state index >= 15 is 0 Å². The first kappa shape index (κ1) is 11.6. The summed E-state index contributed by atoms with van der Waals surface area (Å²) in [7, 11) is 1.90. The monoisotopic (exact) mass is 299 g/mol. The number of nitrogens with one attached hydrogen (secondary N) is 1. The van der Waals surface area contributed by atoms with E-state index < -0.39 is 0 Å². The number of nitrogens with zero attached hydrogens (tertiary/aromatic N) is 2. The maximum Gasteiger partial charge on any atom is 0.0766 e. The molecule has 1 N–H and O–H groups in total. The van der Waals surface area contributed by atoms with Crippen LogP contribution in [0.4, 0.5) is 0 Å². The quantitative estimate of drug-likeness (QED) is 0.944. The molecular formula is C11H11BrClN3. The van der Waals surface area contributed by atoms with Crippen LogP contribution in [0, 0.1) is 0 Å². The average Bonchev–Trinajstić information content (AvgIpc) is 2.71. The first-order valence-corrected chi connectivity index (χ1v) is 6.02. The molecule has 16 heavy (non-hydrogen) atoms. The minimum atomic E-state index is 0.700. The topological polar surface area (TPSA) is 29.9 Å². The van der Waals surface area contributed by atoms with Gasteiger partial charge in [-0.3, -0.25) is 0 Å². The SMILES string of the molecule is CNCc1ccn(-c2ccc(Cl)c(Br)c2)n1. The zero-order valence-electron chi connectivity index (χ0n) is 8.74. The lowest BCUT2D eigenvalue weighted by Gasteiger charge is -2.03. The number of halogens is 2. The van der Waals surface area contributed by atoms with Gasteiger partial charge in [-0.2, -0.15) is 5.10 Å². The van der Waals surface area contributed by atoms with E-state index in [9.17, 15) is 0 Å². The van der Waals surface area contributed by atoms with E-state index in [-0.39, 0.29) is 0 Å². The molecule has 0 fully saturated rings. The molecule has 0 aliphatic heterocycles. The highest BCUT2D eigenvalue weighted by atomic mass is 79.9. The first-order valence-electron chi connectivity index (χ1n) is 4.85. The lowest BCUT2D eigenvalue weighted by Crippen LogP contribution is -2.06. The number of aromatic nitrogens is 2. The van der Waals surface area contributed by atoms with Crippen LogP contribution in [0.2, 0.25) is 5.02 Å². The van der Waals surface area contributed by atoms with Gasteiger partial charge in [0.1, 0.15) is 0 Å². The van der Waals surface area contributed by atoms with Crippen LogP contribution in [0.1, 0.15) is 5.69 Å². The Balaban J connectivity index is 2.31. The summed E-state index contributed by atoms with van der Waals surface area (Å²) in [5.74, 6) is 0. The number of rotatable bonds is 3. The summed E-state index contributed by atoms with van der Waals surface area (Å²) in [6.07, 6.45) is 1.93. The Bertz CT molecular complexity index is 496. The van der Waals surface area contributed by atoms with Crippen LogP contribution in [0.15, 0.2) is 34.9 Å². The van der Waals surface area contributed by atoms with Crippen molar-refractivity contribution in [2.45, 2.75) is 6.54 Å². The van der Waals surface area contributed by atoms with Crippen molar-refractivity contribution in [2.24, 2.45) is 0 Å². The van der Waals surface area contributed by atoms with Crippen LogP contribution < -0.4 is 5.32 Å². The van der Waals surface area contributed by atoms with Gasteiger partial charge in [-0.1, -0.05) is 11.6 Å². The highest BCUT2D eigenvalue weighted by molar-refractivity contribution is 9.10. The van der Waals surface area contributed by atoms with Crippen LogP contribution in [-0.4, -0.2) is 16.8 Å². The zero-order valence-corrected chi connectivity index (χ0v) is 11.1. The molecule has 0 spiro atoms. The van der Waals surface area contributed by atoms with Crippen LogP contribution in [0.5, 0.6) is 0 Å². The molecule has 0 saturated heterocycles. The van der Waals surface area contributed by atoms with Crippen molar-refractivity contribution in [3.8, 4) is 5.69 Å². The number of hydrogen-bond acceptors (Lipinski definition) is 2. The van der Waals surface area contributed by atoms with E-state index in [0.717, 1.165) is 22.4 Å². The van der Waals surface area contributed by atoms with Gasteiger partial charge in [0.2, 0.25) is 0 Å². The second-order valence-corrected chi connectivity index (χ2v) is 4.64. The van der Waals surface area contributed by atoms with Gasteiger partial charge in [0.25, 0.3) is 0 Å². The molecule has 0 radical (unpaired) electrons. The van der Waals surface area contributed by atoms with Gasteiger partial charge < -0.3 is 5.32 Å². The third kappa shape index (κ3) is 2.45. The van der Waals surface area contributed by atoms with Crippen LogP contribution >= 0.6 is 27.5 Å². The Hall–Kier alpha value is -0.840. The normalized spacial score (nSPS) is 10.7. The Morgan fingerprint density at radius 2 is 2.25 bits per heavy atom. The summed E-state index contributed by atoms with van der Waals surface area (Å²) in [5.41, 5.74) is 1.99. The Morgan fingerprint density at radius 1 is 1.44 bits per heavy atom. The van der Waals surface area contributed by atoms with E-state index in [1.165, 1.54) is 0 Å². The molecule has 2 aromatic rings. The molecule has 2 rings (SSSR count). The first-order chi connectivity index (χ1) is 7.70. The Morgan fingerprint density at radius 3 is 2.94 bits per heavy atom. The minimum Gasteiger partial charge on any atom is -0.314 e. The standard InChI is InChI=1S/C11H11BrClN3/c1-14-7-8-4-5-16(15-8)9-2-3-11(13)10(12)6-9/h2-6,14H,7H2,1H3. The summed E-state index contributed by atoms with van der Waals surface area (Å²) in [5, 5.41) is 8.19. The van der Waals surface area contributed by atoms with Gasteiger partial charge in [-0.15, -0.1) is 0 Å². The van der Waals surface area contributed by atoms with Crippen LogP contribution in [0.25, 0.3) is 5.69 Å². The van der Waals surface area contributed by atoms with Crippen molar-refractivity contribution >= 4 is 27.5 Å². The smallest absolute Gasteiger partial charge is 0.0766 e. The van der Waals surface area contributed by atoms with E-state index in [1.807, 2.05) is 42.2 Å². The van der Waals surface area contributed by atoms with Crippen molar-refractivity contribution in [1.82, 2.24) is 15.1 Å². The van der Waals surface area contributed by atoms with E-state index in [1.54, 1.807) is 0 Å². The molecule has 0 aliphatic carbocycles. The Kier molecular flexibility index (Phi) is 3.63. The molecule has 84 valence electrons. The molecule has 3 nitrogen and oxygen atoms in total. The number of benzene rings is 1. The molecule has 1 aromatic carbocycles. The summed E-state index contributed by atoms with van der Waals surface area (Å²) >= 11 is 9.33. The lowest BCUT2D eigenvalue weighted by molar-refractivity contribution is 0.757. The van der Waals surface area contributed by atoms with Crippen molar-refractivity contribution in [3.05, 3.63) is 45.7 Å². The molecule has 0 amide bonds. The number of hydrogen-bond donors (Lipinski definition) is 1. The fraction of sp³-hybridized carbons (Fsp3) is 0.182. The van der Waals surface area contributed by atoms with Gasteiger partial charge in [0, 0.05) is 17.2 Å². The summed E-state index contributed by atoms with van der Waals surface area (Å²) in [6.45, 7) is 0.766. The summed E-state index contributed by atoms with van der Waals surface area (Å²) in [4.78, 5) is 0. The fourth-order valence-electron chi connectivity index (χ4n) is 1.41. The molecule has 1 heterocycles. The van der Waals surface area contributed by atoms with Crippen molar-refractivity contribution < 1.29 is 0 Å². The maximum atomic E-state index is 5.94. The largest absolute Gasteiger partial charge is 0.314 e. The van der Waals surface area contributed by atoms with Gasteiger partial charge in [-0.05, 0) is 47.2 Å². The van der Waals surface area contributed by atoms with Gasteiger partial charge in [0.15, 0.2) is 0 Å². The predicted molar refractivity (Wildman–Crippen MR) is 69.0 cm³/mol. The molecule has 0 atom stereocenters. The second kappa shape index (κ2) is 4.99. The van der Waals surface area contributed by atoms with Gasteiger partial charge >= 0.3 is 0 Å². The van der Waals surface area contributed by atoms with Crippen molar-refractivity contribution in [3.63, 3.8) is 0 Å². The second-order valence-electron chi connectivity index (χ2n) is 3.38. The summed E-state index contributed by atoms with van der Waals surface area (Å²) in [6, 6.07) is 7.71. The van der Waals surface area contributed by atoms with E-state index in [4.69, 9.17) is 11.6 Å². The Labute approximate surface area is 108 Å². The average molecular weight is 301 g/mol. The molecule has 0 saturated carbocycles. The van der Waals surface area contributed by atoms with Gasteiger partial charge in [0.05, 0.1) is 16.4 Å². The molecule has 5 heteroatoms. The fourth-order valence-corrected chi connectivity index (χ4v) is 1.89. The third-order valence-corrected chi connectivity index (χ3v) is 3.38. The van der Waals surface area contributed by atoms with E-state index in [2.05, 4.69) is 26.3 Å². The van der Waals surface area contributed by atoms with Crippen LogP contribution in [-0.2, 0) is 6.54 Å². The molecule has 0 unspecified atom stereocenters. The third-order valence-electron chi connectivity index (χ3n) is 2.17. The highest BCUT2D eigenvalue weighted by Gasteiger charge is 2.03. The van der Waals surface area contributed by atoms with Crippen molar-refractivity contribution in [2.75, 3.05) is 7.05 Å². The van der Waals surface area contributed by atoms with Gasteiger partial charge in [-0.25, -0.2) is 4.68 Å². The van der Waals surface area contributed by atoms with Crippen molar-refractivity contribution in [1.29, 1.82) is 0 Å². The lowest BCUT2D eigenvalue weighted by atomic mass is 10.3. The van der Waals surface area contributed by atoms with E-state index in [0.29, 0.717) is 5.02 Å². The highest BCUT2D eigenvalue weighted by Crippen LogP contribution is 2.24. The molecular weight excluding hydrogens is 289 g/mol. The predicted octanol–water partition coefficient (Wildman–Crippen LogP) is 3.01. The summed E-state index contributed by atoms with van der Waals surface area (Å²) < 4.78 is 2.70. The maximum absolute atomic E-state index is 5.94. The van der Waals surface area contributed by atoms with Crippen LogP contribution in [0.3, 0.4) is 0 Å². The zero-order chi connectivity index (χ0) is 11.5.